The zero-order valence-electron chi connectivity index (χ0n) is 18.6. The normalized spacial score (nSPS) is 14.4. The number of methoxy groups -OCH3 is 1. The van der Waals surface area contributed by atoms with Crippen LogP contribution in [0.5, 0.6) is 11.5 Å². The van der Waals surface area contributed by atoms with Gasteiger partial charge in [0.1, 0.15) is 18.1 Å². The number of nitrogens with zero attached hydrogens (tertiary/aromatic N) is 3. The first kappa shape index (κ1) is 23.7. The summed E-state index contributed by atoms with van der Waals surface area (Å²) in [5, 5.41) is 3.91. The van der Waals surface area contributed by atoms with Crippen LogP contribution >= 0.6 is 12.4 Å². The molecular weight excluding hydrogens is 426 g/mol. The fourth-order valence-electron chi connectivity index (χ4n) is 3.77. The van der Waals surface area contributed by atoms with Crippen LogP contribution in [0.25, 0.3) is 12.2 Å². The first-order valence-electron chi connectivity index (χ1n) is 10.7. The van der Waals surface area contributed by atoms with Crippen molar-refractivity contribution in [1.29, 1.82) is 0 Å². The molecule has 4 rings (SSSR count). The third-order valence-corrected chi connectivity index (χ3v) is 5.46. The minimum atomic E-state index is 0. The molecule has 170 valence electrons. The quantitative estimate of drug-likeness (QED) is 0.487. The monoisotopic (exact) mass is 455 g/mol. The minimum absolute atomic E-state index is 0. The molecule has 1 fully saturated rings. The third kappa shape index (κ3) is 6.05. The molecule has 32 heavy (non-hydrogen) atoms. The van der Waals surface area contributed by atoms with Crippen molar-refractivity contribution in [1.82, 2.24) is 10.1 Å². The molecule has 0 bridgehead atoms. The molecule has 1 aliphatic rings. The van der Waals surface area contributed by atoms with Crippen LogP contribution in [0, 0.1) is 6.92 Å². The van der Waals surface area contributed by atoms with E-state index < -0.39 is 0 Å². The van der Waals surface area contributed by atoms with Crippen molar-refractivity contribution in [3.8, 4) is 11.5 Å². The molecule has 0 radical (unpaired) electrons. The largest absolute Gasteiger partial charge is 0.495 e. The van der Waals surface area contributed by atoms with Gasteiger partial charge < -0.3 is 18.9 Å². The summed E-state index contributed by atoms with van der Waals surface area (Å²) >= 11 is 0. The summed E-state index contributed by atoms with van der Waals surface area (Å²) in [6, 6.07) is 18.2. The van der Waals surface area contributed by atoms with Crippen LogP contribution in [0.3, 0.4) is 0 Å². The summed E-state index contributed by atoms with van der Waals surface area (Å²) in [5.41, 5.74) is 3.07. The Bertz CT molecular complexity index is 1010. The van der Waals surface area contributed by atoms with Crippen LogP contribution in [-0.4, -0.2) is 56.5 Å². The lowest BCUT2D eigenvalue weighted by atomic mass is 10.2. The molecule has 7 heteroatoms. The number of halogens is 1. The summed E-state index contributed by atoms with van der Waals surface area (Å²) in [6.07, 6.45) is 3.92. The maximum Gasteiger partial charge on any atom is 0.159 e. The highest BCUT2D eigenvalue weighted by molar-refractivity contribution is 5.85. The molecule has 0 amide bonds. The second-order valence-corrected chi connectivity index (χ2v) is 7.59. The van der Waals surface area contributed by atoms with Crippen molar-refractivity contribution in [3.05, 3.63) is 71.6 Å². The number of para-hydroxylation sites is 3. The van der Waals surface area contributed by atoms with Crippen LogP contribution in [0.4, 0.5) is 5.69 Å². The Morgan fingerprint density at radius 3 is 2.41 bits per heavy atom. The van der Waals surface area contributed by atoms with E-state index in [1.807, 2.05) is 61.5 Å². The van der Waals surface area contributed by atoms with Gasteiger partial charge >= 0.3 is 0 Å². The summed E-state index contributed by atoms with van der Waals surface area (Å²) in [5.74, 6) is 2.55. The number of rotatable bonds is 8. The van der Waals surface area contributed by atoms with E-state index in [0.29, 0.717) is 6.61 Å². The van der Waals surface area contributed by atoms with Gasteiger partial charge in [-0.05, 0) is 37.3 Å². The van der Waals surface area contributed by atoms with Gasteiger partial charge in [-0.1, -0.05) is 35.5 Å². The highest BCUT2D eigenvalue weighted by Crippen LogP contribution is 2.28. The Morgan fingerprint density at radius 1 is 0.969 bits per heavy atom. The Balaban J connectivity index is 0.00000289. The molecule has 3 aromatic rings. The smallest absolute Gasteiger partial charge is 0.159 e. The summed E-state index contributed by atoms with van der Waals surface area (Å²) in [7, 11) is 1.73. The van der Waals surface area contributed by atoms with E-state index in [1.54, 1.807) is 7.11 Å². The number of aryl methyl sites for hydroxylation is 1. The highest BCUT2D eigenvalue weighted by Gasteiger charge is 2.19. The van der Waals surface area contributed by atoms with E-state index in [9.17, 15) is 0 Å². The first-order valence-corrected chi connectivity index (χ1v) is 10.7. The number of ether oxygens (including phenoxy) is 2. The maximum absolute atomic E-state index is 6.11. The molecule has 0 N–H and O–H groups in total. The molecule has 0 spiro atoms. The van der Waals surface area contributed by atoms with Crippen LogP contribution in [0.2, 0.25) is 0 Å². The lowest BCUT2D eigenvalue weighted by molar-refractivity contribution is 0.200. The summed E-state index contributed by atoms with van der Waals surface area (Å²) in [6.45, 7) is 7.45. The average Bonchev–Trinajstić information content (AvgIpc) is 3.24. The Kier molecular flexibility index (Phi) is 8.59. The van der Waals surface area contributed by atoms with Gasteiger partial charge in [0, 0.05) is 44.4 Å². The number of hydrogen-bond donors (Lipinski definition) is 0. The number of benzene rings is 2. The fourth-order valence-corrected chi connectivity index (χ4v) is 3.77. The number of anilines is 1. The topological polar surface area (TPSA) is 51.0 Å². The molecule has 1 saturated heterocycles. The van der Waals surface area contributed by atoms with Gasteiger partial charge in [0.15, 0.2) is 5.76 Å². The molecule has 0 unspecified atom stereocenters. The van der Waals surface area contributed by atoms with E-state index in [2.05, 4.69) is 27.1 Å². The zero-order valence-corrected chi connectivity index (χ0v) is 19.4. The third-order valence-electron chi connectivity index (χ3n) is 5.46. The minimum Gasteiger partial charge on any atom is -0.495 e. The predicted molar refractivity (Wildman–Crippen MR) is 131 cm³/mol. The van der Waals surface area contributed by atoms with E-state index in [4.69, 9.17) is 14.0 Å². The van der Waals surface area contributed by atoms with Crippen molar-refractivity contribution in [2.24, 2.45) is 0 Å². The number of piperazine rings is 1. The predicted octanol–water partition coefficient (Wildman–Crippen LogP) is 4.78. The van der Waals surface area contributed by atoms with Crippen molar-refractivity contribution in [2.75, 3.05) is 51.3 Å². The molecule has 0 aliphatic carbocycles. The van der Waals surface area contributed by atoms with Crippen molar-refractivity contribution < 1.29 is 14.0 Å². The summed E-state index contributed by atoms with van der Waals surface area (Å²) < 4.78 is 16.9. The van der Waals surface area contributed by atoms with Crippen molar-refractivity contribution >= 4 is 30.2 Å². The number of hydrogen-bond acceptors (Lipinski definition) is 6. The summed E-state index contributed by atoms with van der Waals surface area (Å²) in [4.78, 5) is 4.84. The van der Waals surface area contributed by atoms with Crippen molar-refractivity contribution in [2.45, 2.75) is 6.92 Å². The van der Waals surface area contributed by atoms with Crippen LogP contribution in [0.15, 0.2) is 59.1 Å². The molecule has 1 aliphatic heterocycles. The van der Waals surface area contributed by atoms with Crippen LogP contribution in [0.1, 0.15) is 17.0 Å². The second kappa shape index (κ2) is 11.6. The molecule has 0 atom stereocenters. The van der Waals surface area contributed by atoms with Gasteiger partial charge in [-0.2, -0.15) is 0 Å². The van der Waals surface area contributed by atoms with Gasteiger partial charge in [0.05, 0.1) is 18.5 Å². The first-order chi connectivity index (χ1) is 15.2. The van der Waals surface area contributed by atoms with Gasteiger partial charge in [-0.25, -0.2) is 0 Å². The Morgan fingerprint density at radius 2 is 1.69 bits per heavy atom. The van der Waals surface area contributed by atoms with Gasteiger partial charge in [-0.15, -0.1) is 12.4 Å². The average molecular weight is 456 g/mol. The van der Waals surface area contributed by atoms with Gasteiger partial charge in [0.2, 0.25) is 0 Å². The van der Waals surface area contributed by atoms with Crippen LogP contribution in [-0.2, 0) is 0 Å². The molecule has 2 heterocycles. The van der Waals surface area contributed by atoms with Gasteiger partial charge in [-0.3, -0.25) is 4.90 Å². The molecule has 1 aromatic heterocycles. The lowest BCUT2D eigenvalue weighted by Gasteiger charge is -2.36. The zero-order chi connectivity index (χ0) is 21.5. The number of aromatic nitrogens is 1. The van der Waals surface area contributed by atoms with E-state index in [0.717, 1.165) is 61.2 Å². The van der Waals surface area contributed by atoms with E-state index in [-0.39, 0.29) is 12.4 Å². The SMILES string of the molecule is COc1ccccc1N1CCN(CCOc2ccccc2/C=C/c2cc(C)no2)CC1.Cl. The molecule has 2 aromatic carbocycles. The van der Waals surface area contributed by atoms with Crippen molar-refractivity contribution in [3.63, 3.8) is 0 Å². The second-order valence-electron chi connectivity index (χ2n) is 7.59. The fraction of sp³-hybridized carbons (Fsp3) is 0.320. The molecular formula is C25H30ClN3O3. The maximum atomic E-state index is 6.11. The Hall–Kier alpha value is -2.96. The van der Waals surface area contributed by atoms with E-state index >= 15 is 0 Å². The van der Waals surface area contributed by atoms with Gasteiger partial charge in [0.25, 0.3) is 0 Å². The Labute approximate surface area is 195 Å². The molecule has 6 nitrogen and oxygen atoms in total. The highest BCUT2D eigenvalue weighted by atomic mass is 35.5. The molecule has 0 saturated carbocycles. The lowest BCUT2D eigenvalue weighted by Crippen LogP contribution is -2.47. The van der Waals surface area contributed by atoms with Crippen LogP contribution < -0.4 is 14.4 Å². The van der Waals surface area contributed by atoms with E-state index in [1.165, 1.54) is 5.69 Å². The standard InChI is InChI=1S/C25H29N3O3.ClH/c1-20-19-22(31-26-20)12-11-21-7-3-5-9-24(21)30-18-17-27-13-15-28(16-14-27)23-8-4-6-10-25(23)29-2;/h3-12,19H,13-18H2,1-2H3;1H/b12-11+;.